The van der Waals surface area contributed by atoms with Gasteiger partial charge in [0.25, 0.3) is 0 Å². The van der Waals surface area contributed by atoms with Crippen molar-refractivity contribution in [3.63, 3.8) is 0 Å². The first-order chi connectivity index (χ1) is 12.7. The van der Waals surface area contributed by atoms with Gasteiger partial charge in [0.15, 0.2) is 0 Å². The number of anilines is 2. The van der Waals surface area contributed by atoms with Crippen LogP contribution in [0.15, 0.2) is 48.8 Å². The van der Waals surface area contributed by atoms with Crippen LogP contribution in [0.4, 0.5) is 11.4 Å². The topological polar surface area (TPSA) is 57.7 Å². The van der Waals surface area contributed by atoms with Gasteiger partial charge < -0.3 is 15.0 Å². The average Bonchev–Trinajstić information content (AvgIpc) is 2.68. The van der Waals surface area contributed by atoms with E-state index in [0.717, 1.165) is 45.0 Å². The predicted octanol–water partition coefficient (Wildman–Crippen LogP) is 2.03. The van der Waals surface area contributed by atoms with Crippen molar-refractivity contribution < 1.29 is 9.53 Å². The van der Waals surface area contributed by atoms with Gasteiger partial charge in [-0.3, -0.25) is 14.7 Å². The highest BCUT2D eigenvalue weighted by Crippen LogP contribution is 2.19. The van der Waals surface area contributed by atoms with Gasteiger partial charge in [0, 0.05) is 43.4 Å². The summed E-state index contributed by atoms with van der Waals surface area (Å²) in [6.45, 7) is 4.56. The van der Waals surface area contributed by atoms with Gasteiger partial charge in [0.05, 0.1) is 19.8 Å². The minimum Gasteiger partial charge on any atom is -0.378 e. The molecule has 26 heavy (non-hydrogen) atoms. The van der Waals surface area contributed by atoms with E-state index in [9.17, 15) is 4.79 Å². The van der Waals surface area contributed by atoms with Crippen LogP contribution < -0.4 is 10.2 Å². The van der Waals surface area contributed by atoms with Crippen molar-refractivity contribution in [2.75, 3.05) is 56.7 Å². The average molecular weight is 354 g/mol. The second-order valence-electron chi connectivity index (χ2n) is 6.54. The molecule has 3 rings (SSSR count). The fourth-order valence-corrected chi connectivity index (χ4v) is 2.97. The highest BCUT2D eigenvalue weighted by molar-refractivity contribution is 5.92. The van der Waals surface area contributed by atoms with Crippen molar-refractivity contribution in [1.29, 1.82) is 0 Å². The maximum Gasteiger partial charge on any atom is 0.238 e. The molecule has 2 heterocycles. The zero-order valence-corrected chi connectivity index (χ0v) is 15.2. The molecule has 1 amide bonds. The van der Waals surface area contributed by atoms with Gasteiger partial charge in [-0.05, 0) is 55.4 Å². The zero-order valence-electron chi connectivity index (χ0n) is 15.2. The number of morpholine rings is 1. The Morgan fingerprint density at radius 2 is 1.85 bits per heavy atom. The first-order valence-corrected chi connectivity index (χ1v) is 9.01. The number of likely N-dealkylation sites (N-methyl/N-ethyl adjacent to an activating group) is 1. The molecule has 0 unspecified atom stereocenters. The van der Waals surface area contributed by atoms with Crippen LogP contribution in [0.3, 0.4) is 0 Å². The molecule has 1 aromatic carbocycles. The molecule has 0 radical (unpaired) electrons. The number of hydrogen-bond donors (Lipinski definition) is 1. The highest BCUT2D eigenvalue weighted by atomic mass is 16.5. The molecule has 0 aliphatic carbocycles. The van der Waals surface area contributed by atoms with Gasteiger partial charge in [0.1, 0.15) is 0 Å². The van der Waals surface area contributed by atoms with E-state index in [1.807, 2.05) is 48.3 Å². The van der Waals surface area contributed by atoms with Crippen molar-refractivity contribution in [3.8, 4) is 0 Å². The quantitative estimate of drug-likeness (QED) is 0.824. The summed E-state index contributed by atoms with van der Waals surface area (Å²) in [5.41, 5.74) is 3.22. The summed E-state index contributed by atoms with van der Waals surface area (Å²) in [4.78, 5) is 20.6. The molecule has 1 aliphatic rings. The Labute approximate surface area is 154 Å². The molecule has 0 saturated carbocycles. The molecule has 1 aromatic heterocycles. The third-order valence-electron chi connectivity index (χ3n) is 4.47. The maximum absolute atomic E-state index is 12.2. The molecule has 1 fully saturated rings. The van der Waals surface area contributed by atoms with E-state index in [1.54, 1.807) is 12.4 Å². The molecule has 138 valence electrons. The summed E-state index contributed by atoms with van der Waals surface area (Å²) in [5.74, 6) is 0.00125. The Kier molecular flexibility index (Phi) is 6.57. The van der Waals surface area contributed by atoms with Crippen molar-refractivity contribution in [2.45, 2.75) is 6.42 Å². The lowest BCUT2D eigenvalue weighted by Crippen LogP contribution is -2.36. The normalized spacial score (nSPS) is 14.5. The van der Waals surface area contributed by atoms with Crippen molar-refractivity contribution >= 4 is 17.3 Å². The third-order valence-corrected chi connectivity index (χ3v) is 4.47. The summed E-state index contributed by atoms with van der Waals surface area (Å²) < 4.78 is 5.38. The number of carbonyl (C=O) groups is 1. The predicted molar refractivity (Wildman–Crippen MR) is 104 cm³/mol. The van der Waals surface area contributed by atoms with E-state index < -0.39 is 0 Å². The Morgan fingerprint density at radius 3 is 2.54 bits per heavy atom. The smallest absolute Gasteiger partial charge is 0.238 e. The first-order valence-electron chi connectivity index (χ1n) is 9.01. The number of benzene rings is 1. The lowest BCUT2D eigenvalue weighted by atomic mass is 10.2. The second-order valence-corrected chi connectivity index (χ2v) is 6.54. The van der Waals surface area contributed by atoms with Crippen LogP contribution in [-0.4, -0.2) is 62.2 Å². The van der Waals surface area contributed by atoms with E-state index >= 15 is 0 Å². The van der Waals surface area contributed by atoms with Gasteiger partial charge in [-0.1, -0.05) is 0 Å². The zero-order chi connectivity index (χ0) is 18.2. The summed E-state index contributed by atoms with van der Waals surface area (Å²) in [6, 6.07) is 12.0. The molecule has 1 saturated heterocycles. The Balaban J connectivity index is 1.43. The number of nitrogens with one attached hydrogen (secondary N) is 1. The van der Waals surface area contributed by atoms with Gasteiger partial charge in [-0.2, -0.15) is 0 Å². The molecule has 1 aliphatic heterocycles. The number of aromatic nitrogens is 1. The third kappa shape index (κ3) is 5.54. The summed E-state index contributed by atoms with van der Waals surface area (Å²) in [5, 5.41) is 2.97. The second kappa shape index (κ2) is 9.31. The monoisotopic (exact) mass is 354 g/mol. The molecule has 0 bridgehead atoms. The number of rotatable bonds is 7. The largest absolute Gasteiger partial charge is 0.378 e. The van der Waals surface area contributed by atoms with E-state index in [2.05, 4.69) is 15.2 Å². The molecule has 0 spiro atoms. The van der Waals surface area contributed by atoms with Crippen LogP contribution in [0, 0.1) is 0 Å². The fourth-order valence-electron chi connectivity index (χ4n) is 2.97. The van der Waals surface area contributed by atoms with Gasteiger partial charge in [-0.25, -0.2) is 0 Å². The van der Waals surface area contributed by atoms with Crippen LogP contribution in [0.25, 0.3) is 0 Å². The van der Waals surface area contributed by atoms with Crippen molar-refractivity contribution in [3.05, 3.63) is 54.4 Å². The summed E-state index contributed by atoms with van der Waals surface area (Å²) >= 11 is 0. The van der Waals surface area contributed by atoms with Crippen LogP contribution in [0.1, 0.15) is 5.56 Å². The van der Waals surface area contributed by atoms with Crippen LogP contribution in [0.2, 0.25) is 0 Å². The van der Waals surface area contributed by atoms with Gasteiger partial charge in [0.2, 0.25) is 5.91 Å². The van der Waals surface area contributed by atoms with Crippen LogP contribution in [-0.2, 0) is 16.0 Å². The molecule has 6 heteroatoms. The number of hydrogen-bond acceptors (Lipinski definition) is 5. The lowest BCUT2D eigenvalue weighted by molar-refractivity contribution is -0.117. The minimum atomic E-state index is 0.00125. The van der Waals surface area contributed by atoms with Crippen molar-refractivity contribution in [1.82, 2.24) is 9.88 Å². The van der Waals surface area contributed by atoms with E-state index in [0.29, 0.717) is 6.54 Å². The molecule has 2 aromatic rings. The molecular formula is C20H26N4O2. The van der Waals surface area contributed by atoms with Gasteiger partial charge in [-0.15, -0.1) is 0 Å². The Morgan fingerprint density at radius 1 is 1.15 bits per heavy atom. The number of pyridine rings is 1. The van der Waals surface area contributed by atoms with E-state index in [-0.39, 0.29) is 5.91 Å². The SMILES string of the molecule is CN(CCc1ccncc1)CC(=O)Nc1ccc(N2CCOCC2)cc1. The lowest BCUT2D eigenvalue weighted by Gasteiger charge is -2.28. The number of nitrogens with zero attached hydrogens (tertiary/aromatic N) is 3. The first kappa shape index (κ1) is 18.4. The number of ether oxygens (including phenoxy) is 1. The highest BCUT2D eigenvalue weighted by Gasteiger charge is 2.11. The minimum absolute atomic E-state index is 0.00125. The van der Waals surface area contributed by atoms with Crippen LogP contribution >= 0.6 is 0 Å². The van der Waals surface area contributed by atoms with Crippen LogP contribution in [0.5, 0.6) is 0 Å². The van der Waals surface area contributed by atoms with E-state index in [4.69, 9.17) is 4.74 Å². The summed E-state index contributed by atoms with van der Waals surface area (Å²) in [7, 11) is 1.96. The molecular weight excluding hydrogens is 328 g/mol. The van der Waals surface area contributed by atoms with Gasteiger partial charge >= 0.3 is 0 Å². The Hall–Kier alpha value is -2.44. The molecule has 6 nitrogen and oxygen atoms in total. The fraction of sp³-hybridized carbons (Fsp3) is 0.400. The van der Waals surface area contributed by atoms with Crippen molar-refractivity contribution in [2.24, 2.45) is 0 Å². The Bertz CT molecular complexity index is 685. The standard InChI is InChI=1S/C20H26N4O2/c1-23(11-8-17-6-9-21-10-7-17)16-20(25)22-18-2-4-19(5-3-18)24-12-14-26-15-13-24/h2-7,9-10H,8,11-16H2,1H3,(H,22,25). The molecule has 0 atom stereocenters. The molecule has 1 N–H and O–H groups in total. The maximum atomic E-state index is 12.2. The number of amides is 1. The summed E-state index contributed by atoms with van der Waals surface area (Å²) in [6.07, 6.45) is 4.49. The van der Waals surface area contributed by atoms with E-state index in [1.165, 1.54) is 11.3 Å². The number of carbonyl (C=O) groups excluding carboxylic acids is 1.